The molecule has 2 fully saturated rings. The summed E-state index contributed by atoms with van der Waals surface area (Å²) in [6.45, 7) is 0.702. The van der Waals surface area contributed by atoms with E-state index in [4.69, 9.17) is 23.4 Å². The van der Waals surface area contributed by atoms with Crippen LogP contribution in [0.15, 0.2) is 45.6 Å². The fraction of sp³-hybridized carbons (Fsp3) is 0.444. The van der Waals surface area contributed by atoms with Crippen molar-refractivity contribution in [2.24, 2.45) is 0 Å². The van der Waals surface area contributed by atoms with Crippen molar-refractivity contribution in [3.8, 4) is 34.3 Å². The molecule has 5 rings (SSSR count). The molecule has 10 atom stereocenters. The lowest BCUT2D eigenvalue weighted by atomic mass is 9.99. The molecule has 0 amide bonds. The molecule has 1 aromatic heterocycles. The number of aliphatic hydroxyl groups is 7. The summed E-state index contributed by atoms with van der Waals surface area (Å²) in [7, 11) is 0. The standard InChI is InChI=1S/C27H30O15/c1-9-17(31)20(34)22(36)26(38-9)39-12-6-13(30)16-14(7-12)40-24(10-2-4-11(29)5-3-10)25(19(16)33)42-27-23(37)21(35)18(32)15(8-28)41-27/h2-7,9,15,17-18,20-23,26-32,34-37H,8H2,1H3/t9-,15+,17-,18+,20-,21+,22+,23-,26-,27-/m0/s1. The molecule has 0 bridgehead atoms. The van der Waals surface area contributed by atoms with E-state index in [0.717, 1.165) is 6.07 Å². The second-order valence-corrected chi connectivity index (χ2v) is 10.1. The number of phenols is 2. The number of phenolic OH excluding ortho intramolecular Hbond substituents is 2. The molecule has 3 heterocycles. The van der Waals surface area contributed by atoms with Gasteiger partial charge in [-0.25, -0.2) is 0 Å². The highest BCUT2D eigenvalue weighted by molar-refractivity contribution is 5.88. The van der Waals surface area contributed by atoms with Gasteiger partial charge in [0.25, 0.3) is 0 Å². The summed E-state index contributed by atoms with van der Waals surface area (Å²) in [6, 6.07) is 7.53. The SMILES string of the molecule is C[C@@H]1O[C@@H](Oc2cc(O)c3c(=O)c(O[C@@H]4O[C@H](CO)[C@@H](O)[C@@H](O)[C@@H]4O)c(-c4ccc(O)cc4)oc3c2)[C@H](O)[C@@H](O)[C@H]1O. The number of benzene rings is 2. The molecule has 0 spiro atoms. The Morgan fingerprint density at radius 2 is 1.40 bits per heavy atom. The molecular formula is C27H30O15. The third-order valence-electron chi connectivity index (χ3n) is 7.18. The van der Waals surface area contributed by atoms with Gasteiger partial charge in [0.05, 0.1) is 12.7 Å². The molecule has 0 radical (unpaired) electrons. The van der Waals surface area contributed by atoms with Gasteiger partial charge in [-0.3, -0.25) is 4.79 Å². The Morgan fingerprint density at radius 3 is 2.05 bits per heavy atom. The van der Waals surface area contributed by atoms with Crippen LogP contribution in [0.4, 0.5) is 0 Å². The Hall–Kier alpha value is -3.51. The quantitative estimate of drug-likeness (QED) is 0.154. The van der Waals surface area contributed by atoms with Gasteiger partial charge in [0, 0.05) is 17.7 Å². The number of fused-ring (bicyclic) bond motifs is 1. The first-order chi connectivity index (χ1) is 19.9. The summed E-state index contributed by atoms with van der Waals surface area (Å²) in [6.07, 6.45) is -15.5. The summed E-state index contributed by atoms with van der Waals surface area (Å²) in [5.74, 6) is -1.77. The lowest BCUT2D eigenvalue weighted by Crippen LogP contribution is -2.60. The maximum atomic E-state index is 13.7. The third kappa shape index (κ3) is 5.37. The highest BCUT2D eigenvalue weighted by Crippen LogP contribution is 2.38. The predicted molar refractivity (Wildman–Crippen MR) is 139 cm³/mol. The van der Waals surface area contributed by atoms with Crippen LogP contribution in [0.1, 0.15) is 6.92 Å². The molecule has 2 aliphatic rings. The molecule has 2 aromatic carbocycles. The van der Waals surface area contributed by atoms with E-state index in [0.29, 0.717) is 0 Å². The Labute approximate surface area is 236 Å². The van der Waals surface area contributed by atoms with Gasteiger partial charge in [0.2, 0.25) is 23.8 Å². The highest BCUT2D eigenvalue weighted by atomic mass is 16.7. The maximum Gasteiger partial charge on any atom is 0.239 e. The Balaban J connectivity index is 1.58. The molecule has 3 aromatic rings. The highest BCUT2D eigenvalue weighted by Gasteiger charge is 2.46. The average molecular weight is 595 g/mol. The van der Waals surface area contributed by atoms with E-state index < -0.39 is 90.3 Å². The summed E-state index contributed by atoms with van der Waals surface area (Å²) in [5.41, 5.74) is -1.01. The molecule has 15 heteroatoms. The van der Waals surface area contributed by atoms with Crippen LogP contribution < -0.4 is 14.9 Å². The zero-order chi connectivity index (χ0) is 30.5. The minimum absolute atomic E-state index is 0.112. The molecule has 0 unspecified atom stereocenters. The fourth-order valence-electron chi connectivity index (χ4n) is 4.76. The fourth-order valence-corrected chi connectivity index (χ4v) is 4.76. The topological polar surface area (TPSA) is 249 Å². The van der Waals surface area contributed by atoms with E-state index in [1.165, 1.54) is 37.3 Å². The van der Waals surface area contributed by atoms with Gasteiger partial charge < -0.3 is 69.3 Å². The minimum atomic E-state index is -1.87. The Morgan fingerprint density at radius 1 is 0.786 bits per heavy atom. The van der Waals surface area contributed by atoms with Crippen molar-refractivity contribution < 1.29 is 69.3 Å². The number of hydrogen-bond donors (Lipinski definition) is 9. The van der Waals surface area contributed by atoms with Gasteiger partial charge in [-0.1, -0.05) is 0 Å². The Bertz CT molecular complexity index is 1470. The zero-order valence-electron chi connectivity index (χ0n) is 21.9. The first-order valence-corrected chi connectivity index (χ1v) is 12.9. The van der Waals surface area contributed by atoms with Crippen molar-refractivity contribution in [1.82, 2.24) is 0 Å². The second kappa shape index (κ2) is 11.6. The van der Waals surface area contributed by atoms with Crippen LogP contribution in [0.3, 0.4) is 0 Å². The van der Waals surface area contributed by atoms with E-state index in [-0.39, 0.29) is 28.4 Å². The summed E-state index contributed by atoms with van der Waals surface area (Å²) in [5, 5.41) is 90.7. The molecule has 0 aliphatic carbocycles. The molecule has 42 heavy (non-hydrogen) atoms. The molecule has 2 saturated heterocycles. The van der Waals surface area contributed by atoms with Crippen LogP contribution in [-0.2, 0) is 9.47 Å². The van der Waals surface area contributed by atoms with Gasteiger partial charge in [-0.05, 0) is 31.2 Å². The van der Waals surface area contributed by atoms with E-state index in [9.17, 15) is 50.8 Å². The predicted octanol–water partition coefficient (Wildman–Crippen LogP) is -1.74. The van der Waals surface area contributed by atoms with Crippen LogP contribution >= 0.6 is 0 Å². The van der Waals surface area contributed by atoms with Crippen molar-refractivity contribution in [3.05, 3.63) is 46.6 Å². The summed E-state index contributed by atoms with van der Waals surface area (Å²) >= 11 is 0. The number of hydrogen-bond acceptors (Lipinski definition) is 15. The Kier molecular flexibility index (Phi) is 8.30. The van der Waals surface area contributed by atoms with Gasteiger partial charge in [-0.15, -0.1) is 0 Å². The van der Waals surface area contributed by atoms with E-state index in [1.807, 2.05) is 0 Å². The molecular weight excluding hydrogens is 564 g/mol. The van der Waals surface area contributed by atoms with Crippen molar-refractivity contribution in [2.45, 2.75) is 68.3 Å². The largest absolute Gasteiger partial charge is 0.508 e. The maximum absolute atomic E-state index is 13.7. The number of aliphatic hydroxyl groups excluding tert-OH is 7. The lowest BCUT2D eigenvalue weighted by molar-refractivity contribution is -0.277. The lowest BCUT2D eigenvalue weighted by Gasteiger charge is -2.39. The van der Waals surface area contributed by atoms with Gasteiger partial charge in [0.15, 0.2) is 5.76 Å². The van der Waals surface area contributed by atoms with Crippen LogP contribution in [0.25, 0.3) is 22.3 Å². The van der Waals surface area contributed by atoms with Gasteiger partial charge in [-0.2, -0.15) is 0 Å². The zero-order valence-corrected chi connectivity index (χ0v) is 21.9. The van der Waals surface area contributed by atoms with Crippen LogP contribution in [0.2, 0.25) is 0 Å². The first-order valence-electron chi connectivity index (χ1n) is 12.9. The smallest absolute Gasteiger partial charge is 0.239 e. The number of aromatic hydroxyl groups is 2. The van der Waals surface area contributed by atoms with Crippen molar-refractivity contribution >= 4 is 11.0 Å². The molecule has 9 N–H and O–H groups in total. The molecule has 228 valence electrons. The molecule has 2 aliphatic heterocycles. The monoisotopic (exact) mass is 594 g/mol. The normalized spacial score (nSPS) is 33.4. The molecule has 0 saturated carbocycles. The number of ether oxygens (including phenoxy) is 4. The van der Waals surface area contributed by atoms with E-state index >= 15 is 0 Å². The van der Waals surface area contributed by atoms with Crippen LogP contribution in [0.5, 0.6) is 23.0 Å². The van der Waals surface area contributed by atoms with Gasteiger partial charge >= 0.3 is 0 Å². The summed E-state index contributed by atoms with van der Waals surface area (Å²) in [4.78, 5) is 13.7. The van der Waals surface area contributed by atoms with E-state index in [1.54, 1.807) is 0 Å². The van der Waals surface area contributed by atoms with Crippen molar-refractivity contribution in [2.75, 3.05) is 6.61 Å². The third-order valence-corrected chi connectivity index (χ3v) is 7.18. The first kappa shape index (κ1) is 30.0. The summed E-state index contributed by atoms with van der Waals surface area (Å²) < 4.78 is 28.0. The average Bonchev–Trinajstić information content (AvgIpc) is 2.96. The number of rotatable bonds is 6. The minimum Gasteiger partial charge on any atom is -0.508 e. The van der Waals surface area contributed by atoms with Crippen LogP contribution in [0, 0.1) is 0 Å². The second-order valence-electron chi connectivity index (χ2n) is 10.1. The van der Waals surface area contributed by atoms with Crippen molar-refractivity contribution in [1.29, 1.82) is 0 Å². The van der Waals surface area contributed by atoms with E-state index in [2.05, 4.69) is 0 Å². The van der Waals surface area contributed by atoms with Crippen molar-refractivity contribution in [3.63, 3.8) is 0 Å². The van der Waals surface area contributed by atoms with Gasteiger partial charge in [0.1, 0.15) is 70.9 Å². The molecule has 15 nitrogen and oxygen atoms in total. The van der Waals surface area contributed by atoms with Crippen LogP contribution in [-0.4, -0.2) is 114 Å².